The van der Waals surface area contributed by atoms with Gasteiger partial charge in [-0.15, -0.1) is 0 Å². The van der Waals surface area contributed by atoms with E-state index in [1.807, 2.05) is 0 Å². The molecule has 1 heterocycles. The van der Waals surface area contributed by atoms with E-state index in [0.29, 0.717) is 5.56 Å². The Bertz CT molecular complexity index is 846. The first-order chi connectivity index (χ1) is 12.9. The fourth-order valence-corrected chi connectivity index (χ4v) is 3.02. The smallest absolute Gasteiger partial charge is 0.191 e. The molecule has 0 bridgehead atoms. The van der Waals surface area contributed by atoms with Crippen LogP contribution in [0.3, 0.4) is 0 Å². The Morgan fingerprint density at radius 3 is 2.07 bits per heavy atom. The summed E-state index contributed by atoms with van der Waals surface area (Å²) in [5.74, 6) is -7.84. The van der Waals surface area contributed by atoms with Gasteiger partial charge in [0.15, 0.2) is 29.1 Å². The lowest BCUT2D eigenvalue weighted by Crippen LogP contribution is -2.37. The summed E-state index contributed by atoms with van der Waals surface area (Å²) in [6.45, 7) is 0.101. The van der Waals surface area contributed by atoms with Crippen LogP contribution in [0.15, 0.2) is 36.4 Å². The average Bonchev–Trinajstić information content (AvgIpc) is 2.67. The molecule has 0 radical (unpaired) electrons. The van der Waals surface area contributed by atoms with Crippen molar-refractivity contribution in [1.29, 1.82) is 0 Å². The Morgan fingerprint density at radius 1 is 0.963 bits per heavy atom. The summed E-state index contributed by atoms with van der Waals surface area (Å²) < 4.78 is 57.7. The molecule has 1 aliphatic heterocycles. The Morgan fingerprint density at radius 2 is 1.52 bits per heavy atom. The van der Waals surface area contributed by atoms with Gasteiger partial charge >= 0.3 is 0 Å². The number of hydrogen-bond donors (Lipinski definition) is 1. The molecule has 0 saturated carbocycles. The second kappa shape index (κ2) is 7.92. The van der Waals surface area contributed by atoms with Gasteiger partial charge in [0.05, 0.1) is 11.7 Å². The van der Waals surface area contributed by atoms with E-state index in [4.69, 9.17) is 0 Å². The molecule has 2 aromatic rings. The van der Waals surface area contributed by atoms with Crippen molar-refractivity contribution in [3.05, 3.63) is 70.8 Å². The minimum atomic E-state index is -1.72. The number of aliphatic hydroxyl groups is 1. The Balaban J connectivity index is 1.95. The highest BCUT2D eigenvalue weighted by molar-refractivity contribution is 6.07. The lowest BCUT2D eigenvalue weighted by molar-refractivity contribution is 0.103. The summed E-state index contributed by atoms with van der Waals surface area (Å²) in [5, 5.41) is 9.48. The topological polar surface area (TPSA) is 40.5 Å². The first kappa shape index (κ1) is 19.1. The van der Waals surface area contributed by atoms with E-state index in [9.17, 15) is 27.5 Å². The van der Waals surface area contributed by atoms with Crippen LogP contribution in [-0.4, -0.2) is 30.1 Å². The third-order valence-electron chi connectivity index (χ3n) is 4.49. The largest absolute Gasteiger partial charge is 0.393 e. The number of anilines is 1. The maximum atomic E-state index is 14.4. The van der Waals surface area contributed by atoms with E-state index in [0.717, 1.165) is 11.0 Å². The van der Waals surface area contributed by atoms with Crippen LogP contribution in [0, 0.1) is 23.3 Å². The van der Waals surface area contributed by atoms with Crippen LogP contribution in [0.5, 0.6) is 0 Å². The minimum absolute atomic E-state index is 0.0507. The van der Waals surface area contributed by atoms with Crippen LogP contribution >= 0.6 is 0 Å². The van der Waals surface area contributed by atoms with Gasteiger partial charge in [-0.05, 0) is 24.5 Å². The van der Waals surface area contributed by atoms with Gasteiger partial charge in [-0.1, -0.05) is 36.4 Å². The molecule has 0 atom stereocenters. The molecule has 0 unspecified atom stereocenters. The van der Waals surface area contributed by atoms with Crippen LogP contribution in [0.4, 0.5) is 23.2 Å². The van der Waals surface area contributed by atoms with Gasteiger partial charge < -0.3 is 10.0 Å². The van der Waals surface area contributed by atoms with E-state index in [-0.39, 0.29) is 25.9 Å². The van der Waals surface area contributed by atoms with Gasteiger partial charge in [-0.3, -0.25) is 4.79 Å². The van der Waals surface area contributed by atoms with Gasteiger partial charge in [-0.2, -0.15) is 0 Å². The quantitative estimate of drug-likeness (QED) is 0.376. The fourth-order valence-electron chi connectivity index (χ4n) is 3.02. The molecule has 1 fully saturated rings. The molecule has 2 aromatic carbocycles. The number of carbonyl (C=O) groups is 1. The van der Waals surface area contributed by atoms with Crippen molar-refractivity contribution in [2.75, 3.05) is 18.0 Å². The predicted molar refractivity (Wildman–Crippen MR) is 93.5 cm³/mol. The summed E-state index contributed by atoms with van der Waals surface area (Å²) >= 11 is 0. The summed E-state index contributed by atoms with van der Waals surface area (Å²) in [4.78, 5) is 13.3. The lowest BCUT2D eigenvalue weighted by Gasteiger charge is -2.32. The van der Waals surface area contributed by atoms with Crippen molar-refractivity contribution in [2.24, 2.45) is 0 Å². The second-order valence-corrected chi connectivity index (χ2v) is 6.31. The number of hydrogen-bond acceptors (Lipinski definition) is 3. The monoisotopic (exact) mass is 379 g/mol. The number of ketones is 1. The van der Waals surface area contributed by atoms with Crippen LogP contribution in [0.1, 0.15) is 28.8 Å². The predicted octanol–water partition coefficient (Wildman–Crippen LogP) is 4.10. The molecule has 0 aliphatic carbocycles. The summed E-state index contributed by atoms with van der Waals surface area (Å²) in [6, 6.07) is 8.47. The molecular formula is C20H17F4NO2. The van der Waals surface area contributed by atoms with Crippen molar-refractivity contribution < 1.29 is 27.5 Å². The van der Waals surface area contributed by atoms with Crippen LogP contribution in [0.25, 0.3) is 6.08 Å². The van der Waals surface area contributed by atoms with Crippen molar-refractivity contribution >= 4 is 17.5 Å². The van der Waals surface area contributed by atoms with Crippen LogP contribution in [0.2, 0.25) is 0 Å². The van der Waals surface area contributed by atoms with Gasteiger partial charge in [0.2, 0.25) is 0 Å². The van der Waals surface area contributed by atoms with Crippen molar-refractivity contribution in [1.82, 2.24) is 0 Å². The maximum absolute atomic E-state index is 14.4. The fraction of sp³-hybridized carbons (Fsp3) is 0.250. The van der Waals surface area contributed by atoms with Crippen LogP contribution < -0.4 is 4.90 Å². The van der Waals surface area contributed by atoms with Crippen molar-refractivity contribution in [3.8, 4) is 0 Å². The van der Waals surface area contributed by atoms with Crippen molar-refractivity contribution in [2.45, 2.75) is 18.9 Å². The normalized spacial score (nSPS) is 15.5. The average molecular weight is 379 g/mol. The number of nitrogens with zero attached hydrogens (tertiary/aromatic N) is 1. The molecule has 142 valence electrons. The molecule has 1 saturated heterocycles. The molecule has 0 aromatic heterocycles. The first-order valence-corrected chi connectivity index (χ1v) is 8.46. The highest BCUT2D eigenvalue weighted by Crippen LogP contribution is 2.33. The number of rotatable bonds is 4. The van der Waals surface area contributed by atoms with E-state index in [1.54, 1.807) is 30.3 Å². The van der Waals surface area contributed by atoms with E-state index in [2.05, 4.69) is 0 Å². The molecule has 0 spiro atoms. The number of aliphatic hydroxyl groups excluding tert-OH is 1. The van der Waals surface area contributed by atoms with E-state index >= 15 is 0 Å². The molecule has 3 nitrogen and oxygen atoms in total. The lowest BCUT2D eigenvalue weighted by atomic mass is 10.0. The van der Waals surface area contributed by atoms with E-state index < -0.39 is 46.4 Å². The first-order valence-electron chi connectivity index (χ1n) is 8.46. The SMILES string of the molecule is O=C(C=Cc1ccccc1)c1c(F)c(F)c(N2CCC(O)CC2)c(F)c1F. The molecular weight excluding hydrogens is 362 g/mol. The number of benzene rings is 2. The minimum Gasteiger partial charge on any atom is -0.393 e. The van der Waals surface area contributed by atoms with Gasteiger partial charge in [0, 0.05) is 13.1 Å². The third-order valence-corrected chi connectivity index (χ3v) is 4.49. The molecule has 0 amide bonds. The highest BCUT2D eigenvalue weighted by atomic mass is 19.2. The summed E-state index contributed by atoms with van der Waals surface area (Å²) in [7, 11) is 0. The Labute approximate surface area is 153 Å². The standard InChI is InChI=1S/C20H17F4NO2/c21-16-15(14(27)7-6-12-4-2-1-3-5-12)17(22)19(24)20(18(16)23)25-10-8-13(26)9-11-25/h1-7,13,26H,8-11H2. The highest BCUT2D eigenvalue weighted by Gasteiger charge is 2.32. The van der Waals surface area contributed by atoms with Gasteiger partial charge in [-0.25, -0.2) is 17.6 Å². The van der Waals surface area contributed by atoms with Gasteiger partial charge in [0.25, 0.3) is 0 Å². The second-order valence-electron chi connectivity index (χ2n) is 6.31. The molecule has 3 rings (SSSR count). The zero-order valence-corrected chi connectivity index (χ0v) is 14.3. The summed E-state index contributed by atoms with van der Waals surface area (Å²) in [6.07, 6.45) is 2.00. The Hall–Kier alpha value is -2.67. The maximum Gasteiger partial charge on any atom is 0.191 e. The van der Waals surface area contributed by atoms with Gasteiger partial charge in [0.1, 0.15) is 5.69 Å². The zero-order chi connectivity index (χ0) is 19.6. The number of halogens is 4. The molecule has 7 heteroatoms. The van der Waals surface area contributed by atoms with Crippen LogP contribution in [-0.2, 0) is 0 Å². The molecule has 1 aliphatic rings. The third kappa shape index (κ3) is 3.88. The Kier molecular flexibility index (Phi) is 5.60. The molecule has 27 heavy (non-hydrogen) atoms. The number of carbonyl (C=O) groups excluding carboxylic acids is 1. The number of piperidine rings is 1. The van der Waals surface area contributed by atoms with E-state index in [1.165, 1.54) is 6.08 Å². The summed E-state index contributed by atoms with van der Waals surface area (Å²) in [5.41, 5.74) is -1.52. The number of allylic oxidation sites excluding steroid dienone is 1. The molecule has 1 N–H and O–H groups in total. The van der Waals surface area contributed by atoms with Crippen molar-refractivity contribution in [3.63, 3.8) is 0 Å². The zero-order valence-electron chi connectivity index (χ0n) is 14.3.